The maximum absolute atomic E-state index is 5.93. The molecule has 2 heterocycles. The van der Waals surface area contributed by atoms with E-state index in [0.717, 1.165) is 22.9 Å². The molecule has 1 N–H and O–H groups in total. The van der Waals surface area contributed by atoms with Gasteiger partial charge in [-0.1, -0.05) is 11.6 Å². The van der Waals surface area contributed by atoms with Gasteiger partial charge in [-0.25, -0.2) is 9.97 Å². The monoisotopic (exact) mass is 283 g/mol. The van der Waals surface area contributed by atoms with E-state index in [1.54, 1.807) is 7.11 Å². The summed E-state index contributed by atoms with van der Waals surface area (Å²) in [6, 6.07) is 3.76. The van der Waals surface area contributed by atoms with Crippen LogP contribution >= 0.6 is 22.9 Å². The molecule has 4 nitrogen and oxygen atoms in total. The second-order valence-electron chi connectivity index (χ2n) is 3.66. The van der Waals surface area contributed by atoms with Crippen molar-refractivity contribution in [2.45, 2.75) is 13.5 Å². The van der Waals surface area contributed by atoms with Gasteiger partial charge in [0.1, 0.15) is 5.82 Å². The molecule has 0 bridgehead atoms. The molecule has 0 amide bonds. The average molecular weight is 284 g/mol. The minimum absolute atomic E-state index is 0.465. The first kappa shape index (κ1) is 13.3. The number of aromatic nitrogens is 2. The van der Waals surface area contributed by atoms with E-state index in [1.807, 2.05) is 24.4 Å². The minimum atomic E-state index is 0.465. The summed E-state index contributed by atoms with van der Waals surface area (Å²) in [6.45, 7) is 3.31. The van der Waals surface area contributed by atoms with Crippen LogP contribution in [-0.2, 0) is 11.3 Å². The van der Waals surface area contributed by atoms with Crippen molar-refractivity contribution in [3.8, 4) is 10.7 Å². The Balaban J connectivity index is 2.39. The Morgan fingerprint density at radius 2 is 2.22 bits per heavy atom. The summed E-state index contributed by atoms with van der Waals surface area (Å²) in [7, 11) is 1.65. The van der Waals surface area contributed by atoms with Crippen LogP contribution < -0.4 is 5.32 Å². The Bertz CT molecular complexity index is 506. The Morgan fingerprint density at radius 3 is 2.83 bits per heavy atom. The van der Waals surface area contributed by atoms with Gasteiger partial charge in [0.25, 0.3) is 0 Å². The highest BCUT2D eigenvalue weighted by Crippen LogP contribution is 2.28. The number of nitrogens with one attached hydrogen (secondary N) is 1. The molecule has 0 aliphatic carbocycles. The summed E-state index contributed by atoms with van der Waals surface area (Å²) in [5, 5.41) is 5.77. The van der Waals surface area contributed by atoms with Crippen molar-refractivity contribution < 1.29 is 4.74 Å². The first-order valence-electron chi connectivity index (χ1n) is 5.58. The van der Waals surface area contributed by atoms with Gasteiger partial charge in [-0.3, -0.25) is 0 Å². The van der Waals surface area contributed by atoms with Crippen LogP contribution in [0.15, 0.2) is 17.5 Å². The predicted molar refractivity (Wildman–Crippen MR) is 75.2 cm³/mol. The molecule has 0 spiro atoms. The molecule has 18 heavy (non-hydrogen) atoms. The smallest absolute Gasteiger partial charge is 0.171 e. The van der Waals surface area contributed by atoms with Crippen LogP contribution in [0.25, 0.3) is 10.7 Å². The summed E-state index contributed by atoms with van der Waals surface area (Å²) >= 11 is 7.46. The van der Waals surface area contributed by atoms with Gasteiger partial charge in [0.15, 0.2) is 5.82 Å². The second kappa shape index (κ2) is 6.13. The van der Waals surface area contributed by atoms with Crippen LogP contribution in [0.4, 0.5) is 5.82 Å². The van der Waals surface area contributed by atoms with Crippen LogP contribution in [0.5, 0.6) is 0 Å². The van der Waals surface area contributed by atoms with E-state index >= 15 is 0 Å². The molecular formula is C12H14ClN3OS. The summed E-state index contributed by atoms with van der Waals surface area (Å²) in [4.78, 5) is 9.88. The molecule has 0 unspecified atom stereocenters. The lowest BCUT2D eigenvalue weighted by atomic mass is 10.3. The Kier molecular flexibility index (Phi) is 4.52. The first-order chi connectivity index (χ1) is 8.72. The topological polar surface area (TPSA) is 47.0 Å². The summed E-state index contributed by atoms with van der Waals surface area (Å²) < 4.78 is 5.12. The number of anilines is 1. The lowest BCUT2D eigenvalue weighted by Crippen LogP contribution is -2.04. The Morgan fingerprint density at radius 1 is 1.39 bits per heavy atom. The molecule has 6 heteroatoms. The largest absolute Gasteiger partial charge is 0.378 e. The van der Waals surface area contributed by atoms with Crippen LogP contribution in [-0.4, -0.2) is 23.6 Å². The molecular weight excluding hydrogens is 270 g/mol. The maximum atomic E-state index is 5.93. The lowest BCUT2D eigenvalue weighted by molar-refractivity contribution is 0.181. The van der Waals surface area contributed by atoms with Gasteiger partial charge in [-0.15, -0.1) is 11.3 Å². The van der Waals surface area contributed by atoms with Gasteiger partial charge < -0.3 is 10.1 Å². The van der Waals surface area contributed by atoms with E-state index in [9.17, 15) is 0 Å². The molecule has 0 atom stereocenters. The molecule has 0 saturated heterocycles. The van der Waals surface area contributed by atoms with Gasteiger partial charge in [-0.05, 0) is 13.0 Å². The molecule has 96 valence electrons. The molecule has 0 radical (unpaired) electrons. The van der Waals surface area contributed by atoms with Crippen molar-refractivity contribution in [3.05, 3.63) is 28.2 Å². The van der Waals surface area contributed by atoms with E-state index in [-0.39, 0.29) is 0 Å². The zero-order chi connectivity index (χ0) is 13.0. The van der Waals surface area contributed by atoms with E-state index < -0.39 is 0 Å². The van der Waals surface area contributed by atoms with E-state index in [2.05, 4.69) is 15.3 Å². The van der Waals surface area contributed by atoms with Gasteiger partial charge in [0, 0.05) is 25.1 Å². The number of methoxy groups -OCH3 is 1. The fourth-order valence-electron chi connectivity index (χ4n) is 1.53. The van der Waals surface area contributed by atoms with Crippen molar-refractivity contribution in [2.75, 3.05) is 19.0 Å². The lowest BCUT2D eigenvalue weighted by Gasteiger charge is -2.07. The molecule has 2 aromatic heterocycles. The highest BCUT2D eigenvalue weighted by atomic mass is 35.5. The van der Waals surface area contributed by atoms with Crippen molar-refractivity contribution in [1.29, 1.82) is 0 Å². The van der Waals surface area contributed by atoms with Gasteiger partial charge in [0.2, 0.25) is 0 Å². The average Bonchev–Trinajstić information content (AvgIpc) is 2.76. The molecule has 0 saturated carbocycles. The number of rotatable bonds is 5. The normalized spacial score (nSPS) is 10.6. The number of ether oxygens (including phenoxy) is 1. The molecule has 0 aliphatic rings. The molecule has 0 aromatic carbocycles. The number of thiophene rings is 1. The predicted octanol–water partition coefficient (Wildman–Crippen LogP) is 3.44. The highest BCUT2D eigenvalue weighted by molar-refractivity contribution is 7.14. The zero-order valence-electron chi connectivity index (χ0n) is 10.2. The SMILES string of the molecule is CCNc1cc(COC)nc(-c2cc(Cl)cs2)n1. The third kappa shape index (κ3) is 3.19. The highest BCUT2D eigenvalue weighted by Gasteiger charge is 2.08. The third-order valence-corrected chi connectivity index (χ3v) is 3.49. The number of hydrogen-bond acceptors (Lipinski definition) is 5. The minimum Gasteiger partial charge on any atom is -0.378 e. The van der Waals surface area contributed by atoms with Crippen LogP contribution in [0, 0.1) is 0 Å². The van der Waals surface area contributed by atoms with Gasteiger partial charge in [0.05, 0.1) is 22.2 Å². The first-order valence-corrected chi connectivity index (χ1v) is 6.84. The van der Waals surface area contributed by atoms with Crippen LogP contribution in [0.2, 0.25) is 5.02 Å². The van der Waals surface area contributed by atoms with Gasteiger partial charge >= 0.3 is 0 Å². The van der Waals surface area contributed by atoms with Crippen molar-refractivity contribution in [3.63, 3.8) is 0 Å². The molecule has 0 fully saturated rings. The quantitative estimate of drug-likeness (QED) is 0.913. The van der Waals surface area contributed by atoms with E-state index in [1.165, 1.54) is 11.3 Å². The standard InChI is InChI=1S/C12H14ClN3OS/c1-3-14-11-5-9(6-17-2)15-12(16-11)10-4-8(13)7-18-10/h4-5,7H,3,6H2,1-2H3,(H,14,15,16). The number of nitrogens with zero attached hydrogens (tertiary/aromatic N) is 2. The third-order valence-electron chi connectivity index (χ3n) is 2.22. The van der Waals surface area contributed by atoms with E-state index in [4.69, 9.17) is 16.3 Å². The molecule has 0 aliphatic heterocycles. The Labute approximate surface area is 115 Å². The summed E-state index contributed by atoms with van der Waals surface area (Å²) in [6.07, 6.45) is 0. The molecule has 2 rings (SSSR count). The summed E-state index contributed by atoms with van der Waals surface area (Å²) in [5.74, 6) is 1.48. The Hall–Kier alpha value is -1.17. The summed E-state index contributed by atoms with van der Waals surface area (Å²) in [5.41, 5.74) is 0.850. The van der Waals surface area contributed by atoms with Gasteiger partial charge in [-0.2, -0.15) is 0 Å². The zero-order valence-corrected chi connectivity index (χ0v) is 11.8. The van der Waals surface area contributed by atoms with Crippen molar-refractivity contribution in [2.24, 2.45) is 0 Å². The second-order valence-corrected chi connectivity index (χ2v) is 5.01. The van der Waals surface area contributed by atoms with Crippen LogP contribution in [0.3, 0.4) is 0 Å². The number of halogens is 1. The molecule has 2 aromatic rings. The van der Waals surface area contributed by atoms with E-state index in [0.29, 0.717) is 17.5 Å². The number of hydrogen-bond donors (Lipinski definition) is 1. The fourth-order valence-corrected chi connectivity index (χ4v) is 2.54. The van der Waals surface area contributed by atoms with Crippen molar-refractivity contribution in [1.82, 2.24) is 9.97 Å². The fraction of sp³-hybridized carbons (Fsp3) is 0.333. The van der Waals surface area contributed by atoms with Crippen LogP contribution in [0.1, 0.15) is 12.6 Å². The maximum Gasteiger partial charge on any atom is 0.171 e. The van der Waals surface area contributed by atoms with Crippen molar-refractivity contribution >= 4 is 28.8 Å².